The van der Waals surface area contributed by atoms with E-state index in [4.69, 9.17) is 0 Å². The van der Waals surface area contributed by atoms with Gasteiger partial charge in [0.1, 0.15) is 0 Å². The molecule has 0 aliphatic carbocycles. The molecule has 0 aliphatic rings. The van der Waals surface area contributed by atoms with Crippen LogP contribution in [0.1, 0.15) is 85.5 Å². The Morgan fingerprint density at radius 2 is 1.14 bits per heavy atom. The summed E-state index contributed by atoms with van der Waals surface area (Å²) >= 11 is 0. The second kappa shape index (κ2) is 11.7. The molecule has 0 fully saturated rings. The number of rotatable bonds is 11. The third-order valence-corrected chi connectivity index (χ3v) is 4.38. The summed E-state index contributed by atoms with van der Waals surface area (Å²) in [6.45, 7) is 7.02. The monoisotopic (exact) mass is 338 g/mol. The standard InChI is InChI=1S/C17H32O4.Ca/c1-5-6-7-8-9-10-11-12-13-17(14(18)19,15(20)21)16(2,3)4;/h5-13H2,1-4H3,(H,18,19)(H,20,21);/q;+2/p-2. The Balaban J connectivity index is 0. The van der Waals surface area contributed by atoms with Crippen LogP contribution in [-0.4, -0.2) is 49.7 Å². The van der Waals surface area contributed by atoms with E-state index >= 15 is 0 Å². The van der Waals surface area contributed by atoms with Crippen LogP contribution in [0.15, 0.2) is 0 Å². The maximum absolute atomic E-state index is 11.4. The molecule has 0 radical (unpaired) electrons. The molecule has 22 heavy (non-hydrogen) atoms. The molecule has 0 aromatic carbocycles. The summed E-state index contributed by atoms with van der Waals surface area (Å²) in [5.41, 5.74) is -2.83. The van der Waals surface area contributed by atoms with Gasteiger partial charge < -0.3 is 19.8 Å². The number of hydrogen-bond donors (Lipinski definition) is 0. The normalized spacial score (nSPS) is 11.8. The van der Waals surface area contributed by atoms with E-state index in [1.807, 2.05) is 0 Å². The second-order valence-electron chi connectivity index (χ2n) is 6.96. The molecule has 4 nitrogen and oxygen atoms in total. The summed E-state index contributed by atoms with van der Waals surface area (Å²) in [6, 6.07) is 0. The summed E-state index contributed by atoms with van der Waals surface area (Å²) in [5.74, 6) is -3.06. The third-order valence-electron chi connectivity index (χ3n) is 4.38. The van der Waals surface area contributed by atoms with E-state index in [-0.39, 0.29) is 44.2 Å². The predicted octanol–water partition coefficient (Wildman–Crippen LogP) is 1.67. The van der Waals surface area contributed by atoms with Crippen LogP contribution in [0, 0.1) is 10.8 Å². The van der Waals surface area contributed by atoms with Crippen LogP contribution in [0.25, 0.3) is 0 Å². The quantitative estimate of drug-likeness (QED) is 0.326. The van der Waals surface area contributed by atoms with Crippen molar-refractivity contribution in [1.82, 2.24) is 0 Å². The summed E-state index contributed by atoms with van der Waals surface area (Å²) < 4.78 is 0. The average molecular weight is 339 g/mol. The molecular weight excluding hydrogens is 308 g/mol. The molecule has 5 heteroatoms. The minimum atomic E-state index is -1.91. The zero-order valence-corrected chi connectivity index (χ0v) is 16.9. The van der Waals surface area contributed by atoms with Gasteiger partial charge in [0.15, 0.2) is 0 Å². The molecule has 0 aromatic rings. The minimum Gasteiger partial charge on any atom is -0.549 e. The fraction of sp³-hybridized carbons (Fsp3) is 0.882. The molecule has 0 rings (SSSR count). The van der Waals surface area contributed by atoms with E-state index in [2.05, 4.69) is 6.92 Å². The van der Waals surface area contributed by atoms with Gasteiger partial charge in [-0.25, -0.2) is 0 Å². The zero-order valence-electron chi connectivity index (χ0n) is 14.7. The molecule has 0 saturated heterocycles. The van der Waals surface area contributed by atoms with Crippen LogP contribution in [0.5, 0.6) is 0 Å². The SMILES string of the molecule is CCCCCCCCCCC(C(=O)[O-])(C(=O)[O-])C(C)(C)C.[Ca+2]. The Morgan fingerprint density at radius 3 is 1.45 bits per heavy atom. The van der Waals surface area contributed by atoms with E-state index in [1.54, 1.807) is 20.8 Å². The van der Waals surface area contributed by atoms with Gasteiger partial charge >= 0.3 is 37.7 Å². The van der Waals surface area contributed by atoms with Crippen molar-refractivity contribution < 1.29 is 19.8 Å². The van der Waals surface area contributed by atoms with Gasteiger partial charge in [-0.2, -0.15) is 0 Å². The largest absolute Gasteiger partial charge is 2.00 e. The van der Waals surface area contributed by atoms with Gasteiger partial charge in [-0.1, -0.05) is 79.1 Å². The van der Waals surface area contributed by atoms with Crippen molar-refractivity contribution in [1.29, 1.82) is 0 Å². The van der Waals surface area contributed by atoms with Crippen molar-refractivity contribution in [3.63, 3.8) is 0 Å². The van der Waals surface area contributed by atoms with Crippen molar-refractivity contribution in [2.45, 2.75) is 85.5 Å². The van der Waals surface area contributed by atoms with E-state index in [0.717, 1.165) is 19.3 Å². The number of aliphatic carboxylic acids is 2. The fourth-order valence-electron chi connectivity index (χ4n) is 2.80. The van der Waals surface area contributed by atoms with Crippen LogP contribution in [-0.2, 0) is 9.59 Å². The minimum absolute atomic E-state index is 0. The summed E-state index contributed by atoms with van der Waals surface area (Å²) in [7, 11) is 0. The molecule has 0 aliphatic heterocycles. The predicted molar refractivity (Wildman–Crippen MR) is 84.9 cm³/mol. The first kappa shape index (κ1) is 24.5. The van der Waals surface area contributed by atoms with Crippen molar-refractivity contribution in [2.24, 2.45) is 10.8 Å². The van der Waals surface area contributed by atoms with Gasteiger partial charge in [-0.05, 0) is 11.8 Å². The Labute approximate surface area is 165 Å². The van der Waals surface area contributed by atoms with Gasteiger partial charge in [0.05, 0.1) is 17.4 Å². The van der Waals surface area contributed by atoms with E-state index in [1.165, 1.54) is 25.7 Å². The zero-order chi connectivity index (χ0) is 16.5. The van der Waals surface area contributed by atoms with Gasteiger partial charge in [-0.15, -0.1) is 0 Å². The molecular formula is C17H30CaO4. The Morgan fingerprint density at radius 1 is 0.773 bits per heavy atom. The van der Waals surface area contributed by atoms with Crippen LogP contribution in [0.4, 0.5) is 0 Å². The maximum atomic E-state index is 11.4. The molecule has 0 atom stereocenters. The number of carbonyl (C=O) groups is 2. The van der Waals surface area contributed by atoms with Gasteiger partial charge in [-0.3, -0.25) is 0 Å². The molecule has 0 spiro atoms. The number of unbranched alkanes of at least 4 members (excludes halogenated alkanes) is 7. The van der Waals surface area contributed by atoms with Gasteiger partial charge in [0.25, 0.3) is 0 Å². The van der Waals surface area contributed by atoms with Gasteiger partial charge in [0, 0.05) is 0 Å². The molecule has 0 saturated carbocycles. The van der Waals surface area contributed by atoms with Crippen LogP contribution in [0.2, 0.25) is 0 Å². The molecule has 0 heterocycles. The molecule has 0 bridgehead atoms. The number of carboxylic acids is 2. The number of carbonyl (C=O) groups excluding carboxylic acids is 2. The van der Waals surface area contributed by atoms with Crippen LogP contribution in [0.3, 0.4) is 0 Å². The van der Waals surface area contributed by atoms with Crippen LogP contribution < -0.4 is 10.2 Å². The van der Waals surface area contributed by atoms with Crippen molar-refractivity contribution in [3.8, 4) is 0 Å². The molecule has 0 N–H and O–H groups in total. The Hall–Kier alpha value is 0.200. The van der Waals surface area contributed by atoms with E-state index < -0.39 is 22.8 Å². The maximum Gasteiger partial charge on any atom is 2.00 e. The molecule has 124 valence electrons. The van der Waals surface area contributed by atoms with Crippen molar-refractivity contribution in [3.05, 3.63) is 0 Å². The fourth-order valence-corrected chi connectivity index (χ4v) is 2.80. The van der Waals surface area contributed by atoms with Crippen molar-refractivity contribution >= 4 is 49.7 Å². The van der Waals surface area contributed by atoms with E-state index in [0.29, 0.717) is 6.42 Å². The third kappa shape index (κ3) is 7.18. The van der Waals surface area contributed by atoms with Crippen molar-refractivity contribution in [2.75, 3.05) is 0 Å². The van der Waals surface area contributed by atoms with Crippen LogP contribution >= 0.6 is 0 Å². The number of hydrogen-bond acceptors (Lipinski definition) is 4. The molecule has 0 aromatic heterocycles. The smallest absolute Gasteiger partial charge is 0.549 e. The topological polar surface area (TPSA) is 80.3 Å². The first-order chi connectivity index (χ1) is 9.70. The Bertz CT molecular complexity index is 320. The van der Waals surface area contributed by atoms with Gasteiger partial charge in [0.2, 0.25) is 0 Å². The summed E-state index contributed by atoms with van der Waals surface area (Å²) in [6.07, 6.45) is 8.55. The Kier molecular flexibility index (Phi) is 13.0. The first-order valence-corrected chi connectivity index (χ1v) is 8.13. The summed E-state index contributed by atoms with van der Waals surface area (Å²) in [4.78, 5) is 22.8. The molecule has 0 unspecified atom stereocenters. The number of carboxylic acid groups (broad SMARTS) is 2. The average Bonchev–Trinajstić information content (AvgIpc) is 2.34. The second-order valence-corrected chi connectivity index (χ2v) is 6.96. The summed E-state index contributed by atoms with van der Waals surface area (Å²) in [5, 5.41) is 22.8. The van der Waals surface area contributed by atoms with E-state index in [9.17, 15) is 19.8 Å². The molecule has 0 amide bonds. The first-order valence-electron chi connectivity index (χ1n) is 8.13.